The summed E-state index contributed by atoms with van der Waals surface area (Å²) in [6.07, 6.45) is 0. The molecule has 0 fully saturated rings. The van der Waals surface area contributed by atoms with Crippen molar-refractivity contribution in [2.45, 2.75) is 23.9 Å². The van der Waals surface area contributed by atoms with Crippen LogP contribution in [0.2, 0.25) is 0 Å². The fraction of sp³-hybridized carbons (Fsp3) is 0.136. The van der Waals surface area contributed by atoms with Gasteiger partial charge in [0.05, 0.1) is 10.6 Å². The van der Waals surface area contributed by atoms with Crippen molar-refractivity contribution in [2.24, 2.45) is 0 Å². The molecule has 2 heterocycles. The number of nitrogens with two attached hydrogens (primary N) is 1. The van der Waals surface area contributed by atoms with Crippen molar-refractivity contribution >= 4 is 39.2 Å². The van der Waals surface area contributed by atoms with Crippen molar-refractivity contribution in [3.63, 3.8) is 0 Å². The lowest BCUT2D eigenvalue weighted by Crippen LogP contribution is -2.33. The molecule has 0 spiro atoms. The highest BCUT2D eigenvalue weighted by Crippen LogP contribution is 2.32. The maximum absolute atomic E-state index is 13.0. The van der Waals surface area contributed by atoms with Gasteiger partial charge in [-0.25, -0.2) is 14.1 Å². The largest absolute Gasteiger partial charge is 0.351 e. The maximum atomic E-state index is 13.0. The lowest BCUT2D eigenvalue weighted by Gasteiger charge is -2.13. The van der Waals surface area contributed by atoms with E-state index in [9.17, 15) is 14.0 Å². The number of thiophene rings is 1. The van der Waals surface area contributed by atoms with Crippen LogP contribution in [0.25, 0.3) is 21.3 Å². The summed E-state index contributed by atoms with van der Waals surface area (Å²) in [7, 11) is 0. The molecule has 0 bridgehead atoms. The molecule has 1 amide bonds. The van der Waals surface area contributed by atoms with Gasteiger partial charge in [0, 0.05) is 17.5 Å². The van der Waals surface area contributed by atoms with E-state index in [0.29, 0.717) is 10.2 Å². The Balaban J connectivity index is 1.53. The summed E-state index contributed by atoms with van der Waals surface area (Å²) in [4.78, 5) is 30.5. The van der Waals surface area contributed by atoms with Crippen LogP contribution < -0.4 is 16.7 Å². The zero-order valence-corrected chi connectivity index (χ0v) is 18.2. The first kappa shape index (κ1) is 21.1. The number of carbonyl (C=O) groups is 1. The second kappa shape index (κ2) is 8.91. The topological polar surface area (TPSA) is 90.0 Å². The summed E-state index contributed by atoms with van der Waals surface area (Å²) in [5.74, 6) is 5.48. The summed E-state index contributed by atoms with van der Waals surface area (Å²) in [5.41, 5.74) is 2.14. The predicted molar refractivity (Wildman–Crippen MR) is 123 cm³/mol. The van der Waals surface area contributed by atoms with Crippen LogP contribution in [0.1, 0.15) is 12.5 Å². The SMILES string of the molecule is CC(Sc1nc2scc(-c3ccccc3)c2c(=O)n1N)C(=O)NCc1ccc(F)cc1. The smallest absolute Gasteiger partial charge is 0.282 e. The Bertz CT molecular complexity index is 1290. The molecule has 0 saturated heterocycles. The maximum Gasteiger partial charge on any atom is 0.282 e. The first-order valence-electron chi connectivity index (χ1n) is 9.47. The normalized spacial score (nSPS) is 12.1. The number of nitrogens with zero attached hydrogens (tertiary/aromatic N) is 2. The summed E-state index contributed by atoms with van der Waals surface area (Å²) in [5, 5.41) is 4.89. The first-order chi connectivity index (χ1) is 14.9. The quantitative estimate of drug-likeness (QED) is 0.263. The molecule has 4 rings (SSSR count). The number of hydrogen-bond donors (Lipinski definition) is 2. The fourth-order valence-corrected chi connectivity index (χ4v) is 4.89. The fourth-order valence-electron chi connectivity index (χ4n) is 3.04. The number of rotatable bonds is 6. The molecular formula is C22H19FN4O2S2. The Hall–Kier alpha value is -3.17. The van der Waals surface area contributed by atoms with Gasteiger partial charge in [0.15, 0.2) is 5.16 Å². The Morgan fingerprint density at radius 2 is 1.94 bits per heavy atom. The van der Waals surface area contributed by atoms with Crippen molar-refractivity contribution in [3.8, 4) is 11.1 Å². The molecule has 0 aliphatic heterocycles. The number of thioether (sulfide) groups is 1. The van der Waals surface area contributed by atoms with Crippen LogP contribution in [0.4, 0.5) is 4.39 Å². The van der Waals surface area contributed by atoms with Gasteiger partial charge in [-0.2, -0.15) is 0 Å². The number of nitrogens with one attached hydrogen (secondary N) is 1. The molecule has 6 nitrogen and oxygen atoms in total. The van der Waals surface area contributed by atoms with E-state index < -0.39 is 5.25 Å². The molecule has 2 aromatic carbocycles. The van der Waals surface area contributed by atoms with Crippen LogP contribution >= 0.6 is 23.1 Å². The molecule has 1 atom stereocenters. The number of aromatic nitrogens is 2. The van der Waals surface area contributed by atoms with Gasteiger partial charge in [0.1, 0.15) is 10.6 Å². The number of nitrogen functional groups attached to an aromatic ring is 1. The van der Waals surface area contributed by atoms with E-state index in [4.69, 9.17) is 5.84 Å². The van der Waals surface area contributed by atoms with Gasteiger partial charge in [-0.15, -0.1) is 11.3 Å². The van der Waals surface area contributed by atoms with E-state index in [1.807, 2.05) is 35.7 Å². The van der Waals surface area contributed by atoms with E-state index >= 15 is 0 Å². The Kier molecular flexibility index (Phi) is 6.06. The molecule has 3 N–H and O–H groups in total. The highest BCUT2D eigenvalue weighted by atomic mass is 32.2. The van der Waals surface area contributed by atoms with E-state index in [1.165, 1.54) is 23.5 Å². The third-order valence-corrected chi connectivity index (χ3v) is 6.66. The number of carbonyl (C=O) groups excluding carboxylic acids is 1. The Morgan fingerprint density at radius 3 is 2.65 bits per heavy atom. The van der Waals surface area contributed by atoms with Gasteiger partial charge in [0.2, 0.25) is 5.91 Å². The minimum atomic E-state index is -0.534. The van der Waals surface area contributed by atoms with Gasteiger partial charge in [-0.05, 0) is 30.2 Å². The van der Waals surface area contributed by atoms with Gasteiger partial charge in [0.25, 0.3) is 5.56 Å². The lowest BCUT2D eigenvalue weighted by molar-refractivity contribution is -0.120. The standard InChI is InChI=1S/C22H19FN4O2S2/c1-13(19(28)25-11-14-7-9-16(23)10-8-14)31-22-26-20-18(21(29)27(22)24)17(12-30-20)15-5-3-2-4-6-15/h2-10,12-13H,11,24H2,1H3,(H,25,28). The molecule has 0 radical (unpaired) electrons. The van der Waals surface area contributed by atoms with Gasteiger partial charge in [-0.1, -0.05) is 54.2 Å². The highest BCUT2D eigenvalue weighted by molar-refractivity contribution is 8.00. The average molecular weight is 455 g/mol. The van der Waals surface area contributed by atoms with Crippen LogP contribution in [0.3, 0.4) is 0 Å². The van der Waals surface area contributed by atoms with Crippen LogP contribution in [0.5, 0.6) is 0 Å². The Labute approximate surface area is 185 Å². The molecule has 4 aromatic rings. The third kappa shape index (κ3) is 4.47. The molecule has 0 aliphatic carbocycles. The van der Waals surface area contributed by atoms with Crippen molar-refractivity contribution in [3.05, 3.63) is 81.7 Å². The number of hydrogen-bond acceptors (Lipinski definition) is 6. The third-order valence-electron chi connectivity index (χ3n) is 4.72. The molecule has 0 aliphatic rings. The molecule has 1 unspecified atom stereocenters. The average Bonchev–Trinajstić information content (AvgIpc) is 3.21. The van der Waals surface area contributed by atoms with Crippen LogP contribution in [0.15, 0.2) is 69.9 Å². The molecular weight excluding hydrogens is 435 g/mol. The summed E-state index contributed by atoms with van der Waals surface area (Å²) in [6.45, 7) is 1.99. The second-order valence-electron chi connectivity index (χ2n) is 6.87. The summed E-state index contributed by atoms with van der Waals surface area (Å²) < 4.78 is 14.0. The zero-order chi connectivity index (χ0) is 22.0. The van der Waals surface area contributed by atoms with E-state index in [1.54, 1.807) is 19.1 Å². The highest BCUT2D eigenvalue weighted by Gasteiger charge is 2.21. The number of fused-ring (bicyclic) bond motifs is 1. The molecule has 9 heteroatoms. The van der Waals surface area contributed by atoms with Crippen LogP contribution in [-0.2, 0) is 11.3 Å². The summed E-state index contributed by atoms with van der Waals surface area (Å²) >= 11 is 2.48. The monoisotopic (exact) mass is 454 g/mol. The molecule has 31 heavy (non-hydrogen) atoms. The van der Waals surface area contributed by atoms with Crippen LogP contribution in [0, 0.1) is 5.82 Å². The molecule has 158 valence electrons. The van der Waals surface area contributed by atoms with Gasteiger partial charge >= 0.3 is 0 Å². The van der Waals surface area contributed by atoms with E-state index in [-0.39, 0.29) is 29.0 Å². The Morgan fingerprint density at radius 1 is 1.23 bits per heavy atom. The number of halogens is 1. The van der Waals surface area contributed by atoms with Crippen LogP contribution in [-0.4, -0.2) is 20.8 Å². The number of amides is 1. The van der Waals surface area contributed by atoms with E-state index in [0.717, 1.165) is 33.1 Å². The second-order valence-corrected chi connectivity index (χ2v) is 9.04. The molecule has 0 saturated carbocycles. The van der Waals surface area contributed by atoms with Gasteiger partial charge < -0.3 is 11.2 Å². The number of benzene rings is 2. The van der Waals surface area contributed by atoms with Gasteiger partial charge in [-0.3, -0.25) is 9.59 Å². The minimum absolute atomic E-state index is 0.236. The lowest BCUT2D eigenvalue weighted by atomic mass is 10.1. The van der Waals surface area contributed by atoms with Crippen molar-refractivity contribution in [1.29, 1.82) is 0 Å². The minimum Gasteiger partial charge on any atom is -0.351 e. The first-order valence-corrected chi connectivity index (χ1v) is 11.2. The van der Waals surface area contributed by atoms with Crippen molar-refractivity contribution in [1.82, 2.24) is 15.0 Å². The van der Waals surface area contributed by atoms with Crippen molar-refractivity contribution in [2.75, 3.05) is 5.84 Å². The van der Waals surface area contributed by atoms with E-state index in [2.05, 4.69) is 10.3 Å². The summed E-state index contributed by atoms with van der Waals surface area (Å²) in [6, 6.07) is 15.5. The zero-order valence-electron chi connectivity index (χ0n) is 16.5. The molecule has 2 aromatic heterocycles. The predicted octanol–water partition coefficient (Wildman–Crippen LogP) is 3.77. The van der Waals surface area contributed by atoms with Crippen molar-refractivity contribution < 1.29 is 9.18 Å².